The first kappa shape index (κ1) is 23.3. The summed E-state index contributed by atoms with van der Waals surface area (Å²) in [6, 6.07) is 10.1. The van der Waals surface area contributed by atoms with E-state index in [0.29, 0.717) is 6.61 Å². The molecule has 1 heterocycles. The Balaban J connectivity index is 0.00000161. The molecule has 1 atom stereocenters. The molecule has 0 fully saturated rings. The zero-order valence-electron chi connectivity index (χ0n) is 14.1. The number of hydrogen-bond donors (Lipinski definition) is 2. The Hall–Kier alpha value is 0.270. The van der Waals surface area contributed by atoms with Crippen molar-refractivity contribution in [2.24, 2.45) is 0 Å². The SMILES string of the molecule is CC(C)(C)Nc1cccc2[cH-]c3c(c12)[Si]3(C)CCCO.[Cl-].[Cl-].[Zr+3]. The molecule has 6 heteroatoms. The molecule has 1 radical (unpaired) electrons. The van der Waals surface area contributed by atoms with Crippen molar-refractivity contribution in [2.75, 3.05) is 11.9 Å². The van der Waals surface area contributed by atoms with E-state index < -0.39 is 8.07 Å². The molecule has 2 N–H and O–H groups in total. The summed E-state index contributed by atoms with van der Waals surface area (Å²) in [6.07, 6.45) is 0.938. The van der Waals surface area contributed by atoms with Gasteiger partial charge in [0.25, 0.3) is 0 Å². The van der Waals surface area contributed by atoms with Crippen LogP contribution in [-0.2, 0) is 26.2 Å². The van der Waals surface area contributed by atoms with Gasteiger partial charge in [-0.3, -0.25) is 0 Å². The van der Waals surface area contributed by atoms with Crippen molar-refractivity contribution in [1.82, 2.24) is 0 Å². The molecule has 1 aliphatic rings. The monoisotopic (exact) mass is 446 g/mol. The molecule has 0 bridgehead atoms. The summed E-state index contributed by atoms with van der Waals surface area (Å²) in [5, 5.41) is 18.8. The van der Waals surface area contributed by atoms with Gasteiger partial charge in [-0.2, -0.15) is 10.4 Å². The van der Waals surface area contributed by atoms with E-state index in [2.05, 4.69) is 56.9 Å². The molecule has 1 unspecified atom stereocenters. The zero-order chi connectivity index (χ0) is 14.5. The Morgan fingerprint density at radius 2 is 1.87 bits per heavy atom. The van der Waals surface area contributed by atoms with Crippen LogP contribution in [0.5, 0.6) is 0 Å². The topological polar surface area (TPSA) is 32.3 Å². The van der Waals surface area contributed by atoms with Crippen LogP contribution in [0.1, 0.15) is 27.2 Å². The van der Waals surface area contributed by atoms with Crippen LogP contribution in [0.25, 0.3) is 10.8 Å². The first-order chi connectivity index (χ1) is 9.37. The summed E-state index contributed by atoms with van der Waals surface area (Å²) in [7, 11) is -1.35. The maximum Gasteiger partial charge on any atom is 3.00 e. The second-order valence-electron chi connectivity index (χ2n) is 7.24. The third-order valence-corrected chi connectivity index (χ3v) is 8.65. The summed E-state index contributed by atoms with van der Waals surface area (Å²) in [5.41, 5.74) is 1.35. The van der Waals surface area contributed by atoms with E-state index in [4.69, 9.17) is 5.11 Å². The van der Waals surface area contributed by atoms with Crippen molar-refractivity contribution in [3.8, 4) is 0 Å². The minimum absolute atomic E-state index is 0. The van der Waals surface area contributed by atoms with Gasteiger partial charge in [0.05, 0.1) is 0 Å². The third-order valence-electron chi connectivity index (χ3n) is 4.34. The summed E-state index contributed by atoms with van der Waals surface area (Å²) in [4.78, 5) is 0. The van der Waals surface area contributed by atoms with Crippen LogP contribution >= 0.6 is 0 Å². The van der Waals surface area contributed by atoms with E-state index in [1.165, 1.54) is 22.5 Å². The van der Waals surface area contributed by atoms with Gasteiger partial charge in [-0.15, -0.1) is 29.0 Å². The van der Waals surface area contributed by atoms with E-state index in [9.17, 15) is 0 Å². The molecule has 0 saturated heterocycles. The zero-order valence-corrected chi connectivity index (χ0v) is 19.1. The van der Waals surface area contributed by atoms with Crippen LogP contribution in [0.4, 0.5) is 5.69 Å². The molecule has 0 spiro atoms. The minimum Gasteiger partial charge on any atom is -1.00 e. The molecule has 2 nitrogen and oxygen atoms in total. The Bertz CT molecular complexity index is 668. The second kappa shape index (κ2) is 8.10. The molecule has 0 aromatic heterocycles. The van der Waals surface area contributed by atoms with Gasteiger partial charge in [0.1, 0.15) is 0 Å². The third kappa shape index (κ3) is 4.27. The molecule has 0 amide bonds. The van der Waals surface area contributed by atoms with Crippen LogP contribution in [0.3, 0.4) is 0 Å². The molecule has 0 aliphatic carbocycles. The second-order valence-corrected chi connectivity index (χ2v) is 11.4. The largest absolute Gasteiger partial charge is 3.00 e. The molecule has 2 aromatic carbocycles. The van der Waals surface area contributed by atoms with Crippen LogP contribution in [-0.4, -0.2) is 25.3 Å². The van der Waals surface area contributed by atoms with Gasteiger partial charge < -0.3 is 35.2 Å². The smallest absolute Gasteiger partial charge is 1.00 e. The molecular formula is C17H24Cl2NOSiZr. The molecule has 23 heavy (non-hydrogen) atoms. The maximum absolute atomic E-state index is 9.10. The number of halogens is 2. The average molecular weight is 449 g/mol. The first-order valence-electron chi connectivity index (χ1n) is 7.49. The normalized spacial score (nSPS) is 18.3. The summed E-state index contributed by atoms with van der Waals surface area (Å²) in [5.74, 6) is 0. The summed E-state index contributed by atoms with van der Waals surface area (Å²) >= 11 is 0. The molecule has 1 aliphatic heterocycles. The fourth-order valence-electron chi connectivity index (χ4n) is 3.41. The fraction of sp³-hybridized carbons (Fsp3) is 0.471. The Kier molecular flexibility index (Phi) is 8.19. The van der Waals surface area contributed by atoms with Crippen molar-refractivity contribution in [2.45, 2.75) is 45.3 Å². The maximum atomic E-state index is 9.10. The van der Waals surface area contributed by atoms with Crippen molar-refractivity contribution < 1.29 is 56.1 Å². The van der Waals surface area contributed by atoms with E-state index in [1.807, 2.05) is 0 Å². The predicted molar refractivity (Wildman–Crippen MR) is 90.3 cm³/mol. The van der Waals surface area contributed by atoms with Crippen molar-refractivity contribution in [3.05, 3.63) is 24.3 Å². The van der Waals surface area contributed by atoms with Gasteiger partial charge in [0, 0.05) is 20.2 Å². The molecule has 0 saturated carbocycles. The molecule has 3 rings (SSSR count). The van der Waals surface area contributed by atoms with Gasteiger partial charge in [-0.05, 0) is 32.9 Å². The molecule has 2 aromatic rings. The van der Waals surface area contributed by atoms with Crippen LogP contribution in [0, 0.1) is 0 Å². The van der Waals surface area contributed by atoms with Crippen molar-refractivity contribution in [1.29, 1.82) is 0 Å². The van der Waals surface area contributed by atoms with Crippen LogP contribution in [0.2, 0.25) is 12.6 Å². The Morgan fingerprint density at radius 3 is 2.43 bits per heavy atom. The quantitative estimate of drug-likeness (QED) is 0.379. The number of nitrogens with one attached hydrogen (secondary N) is 1. The van der Waals surface area contributed by atoms with E-state index in [-0.39, 0.29) is 56.6 Å². The number of aliphatic hydroxyl groups is 1. The number of fused-ring (bicyclic) bond motifs is 3. The van der Waals surface area contributed by atoms with E-state index >= 15 is 0 Å². The number of benzene rings is 1. The van der Waals surface area contributed by atoms with E-state index in [1.54, 1.807) is 10.4 Å². The Morgan fingerprint density at radius 1 is 1.22 bits per heavy atom. The number of aliphatic hydroxyl groups excluding tert-OH is 1. The minimum atomic E-state index is -1.35. The van der Waals surface area contributed by atoms with Crippen molar-refractivity contribution >= 4 is 34.9 Å². The van der Waals surface area contributed by atoms with Crippen molar-refractivity contribution in [3.63, 3.8) is 0 Å². The van der Waals surface area contributed by atoms with Gasteiger partial charge in [-0.25, -0.2) is 0 Å². The molecular weight excluding hydrogens is 424 g/mol. The van der Waals surface area contributed by atoms with Crippen LogP contribution in [0.15, 0.2) is 24.3 Å². The van der Waals surface area contributed by atoms with Gasteiger partial charge >= 0.3 is 26.2 Å². The average Bonchev–Trinajstić information content (AvgIpc) is 2.74. The number of hydrogen-bond acceptors (Lipinski definition) is 2. The number of anilines is 1. The van der Waals surface area contributed by atoms with Gasteiger partial charge in [0.15, 0.2) is 0 Å². The standard InChI is InChI=1S/C17H24NOSi.2ClH.Zr/c1-17(2,3)18-13-8-5-7-12-11-14-16(15(12)13)20(14,4)10-6-9-19;;;/h5,7-8,11,18-19H,6,9-10H2,1-4H3;2*1H;/q-1;;;+3/p-2. The van der Waals surface area contributed by atoms with Crippen LogP contribution < -0.4 is 40.5 Å². The summed E-state index contributed by atoms with van der Waals surface area (Å²) < 4.78 is 0. The molecule has 125 valence electrons. The Labute approximate surface area is 171 Å². The van der Waals surface area contributed by atoms with Gasteiger partial charge in [-0.1, -0.05) is 18.7 Å². The predicted octanol–water partition coefficient (Wildman–Crippen LogP) is -3.34. The summed E-state index contributed by atoms with van der Waals surface area (Å²) in [6.45, 7) is 9.37. The number of rotatable bonds is 4. The first-order valence-corrected chi connectivity index (χ1v) is 10.2. The fourth-order valence-corrected chi connectivity index (χ4v) is 7.81. The van der Waals surface area contributed by atoms with E-state index in [0.717, 1.165) is 6.42 Å². The van der Waals surface area contributed by atoms with Gasteiger partial charge in [0.2, 0.25) is 0 Å².